The summed E-state index contributed by atoms with van der Waals surface area (Å²) in [5.74, 6) is 1.30. The summed E-state index contributed by atoms with van der Waals surface area (Å²) in [6.45, 7) is 6.68. The van der Waals surface area contributed by atoms with Crippen LogP contribution in [0.25, 0.3) is 0 Å². The molecule has 2 atom stereocenters. The van der Waals surface area contributed by atoms with Gasteiger partial charge >= 0.3 is 0 Å². The van der Waals surface area contributed by atoms with E-state index in [2.05, 4.69) is 20.8 Å². The summed E-state index contributed by atoms with van der Waals surface area (Å²) in [4.78, 5) is 0. The zero-order valence-corrected chi connectivity index (χ0v) is 11.7. The predicted molar refractivity (Wildman–Crippen MR) is 74.3 cm³/mol. The van der Waals surface area contributed by atoms with E-state index in [-0.39, 0.29) is 11.5 Å². The first-order valence-corrected chi connectivity index (χ1v) is 7.12. The lowest BCUT2D eigenvalue weighted by atomic mass is 9.74. The number of aromatic hydroxyl groups is 1. The van der Waals surface area contributed by atoms with Crippen LogP contribution in [0.4, 0.5) is 0 Å². The van der Waals surface area contributed by atoms with Gasteiger partial charge in [-0.25, -0.2) is 0 Å². The van der Waals surface area contributed by atoms with E-state index in [1.807, 2.05) is 12.1 Å². The average Bonchev–Trinajstić information content (AvgIpc) is 2.63. The third-order valence-corrected chi connectivity index (χ3v) is 4.23. The fourth-order valence-corrected chi connectivity index (χ4v) is 3.10. The highest BCUT2D eigenvalue weighted by Crippen LogP contribution is 2.48. The molecule has 2 nitrogen and oxygen atoms in total. The average molecular weight is 248 g/mol. The maximum absolute atomic E-state index is 9.70. The van der Waals surface area contributed by atoms with Crippen molar-refractivity contribution in [3.8, 4) is 11.5 Å². The van der Waals surface area contributed by atoms with Gasteiger partial charge in [-0.1, -0.05) is 40.0 Å². The number of benzene rings is 1. The predicted octanol–water partition coefficient (Wildman–Crippen LogP) is 4.40. The lowest BCUT2D eigenvalue weighted by molar-refractivity contribution is 0.142. The molecule has 0 aromatic heterocycles. The molecule has 2 heteroatoms. The third kappa shape index (κ3) is 2.21. The van der Waals surface area contributed by atoms with Crippen molar-refractivity contribution in [1.29, 1.82) is 0 Å². The van der Waals surface area contributed by atoms with Gasteiger partial charge in [-0.3, -0.25) is 0 Å². The van der Waals surface area contributed by atoms with Gasteiger partial charge in [0.1, 0.15) is 17.6 Å². The van der Waals surface area contributed by atoms with Gasteiger partial charge in [0.15, 0.2) is 0 Å². The molecule has 1 aliphatic rings. The lowest BCUT2D eigenvalue weighted by Crippen LogP contribution is -2.34. The Kier molecular flexibility index (Phi) is 3.84. The van der Waals surface area contributed by atoms with Crippen LogP contribution in [0.3, 0.4) is 0 Å². The Morgan fingerprint density at radius 2 is 2.06 bits per heavy atom. The van der Waals surface area contributed by atoms with E-state index in [1.54, 1.807) is 6.07 Å². The molecule has 1 aromatic carbocycles. The summed E-state index contributed by atoms with van der Waals surface area (Å²) < 4.78 is 6.05. The van der Waals surface area contributed by atoms with E-state index >= 15 is 0 Å². The van der Waals surface area contributed by atoms with E-state index in [0.717, 1.165) is 18.6 Å². The van der Waals surface area contributed by atoms with E-state index in [4.69, 9.17) is 4.74 Å². The highest BCUT2D eigenvalue weighted by atomic mass is 16.5. The topological polar surface area (TPSA) is 29.5 Å². The van der Waals surface area contributed by atoms with Crippen molar-refractivity contribution in [3.63, 3.8) is 0 Å². The molecule has 1 aliphatic heterocycles. The fraction of sp³-hybridized carbons (Fsp3) is 0.625. The summed E-state index contributed by atoms with van der Waals surface area (Å²) in [6, 6.07) is 5.50. The molecule has 100 valence electrons. The van der Waals surface area contributed by atoms with Crippen LogP contribution in [-0.2, 0) is 5.41 Å². The maximum atomic E-state index is 9.70. The number of rotatable bonds is 5. The first-order valence-electron chi connectivity index (χ1n) is 7.12. The number of fused-ring (bicyclic) bond motifs is 1. The monoisotopic (exact) mass is 248 g/mol. The van der Waals surface area contributed by atoms with Crippen molar-refractivity contribution < 1.29 is 9.84 Å². The number of hydrogen-bond acceptors (Lipinski definition) is 2. The molecular formula is C16H24O2. The lowest BCUT2D eigenvalue weighted by Gasteiger charge is -2.30. The molecule has 1 N–H and O–H groups in total. The SMILES string of the molecule is CCCCCC1(C)c2cc(O)ccc2OC1CC. The number of phenols is 1. The minimum atomic E-state index is 0.0536. The van der Waals surface area contributed by atoms with Crippen LogP contribution in [0, 0.1) is 0 Å². The molecule has 2 unspecified atom stereocenters. The highest BCUT2D eigenvalue weighted by molar-refractivity contribution is 5.48. The van der Waals surface area contributed by atoms with E-state index in [0.29, 0.717) is 5.75 Å². The molecule has 18 heavy (non-hydrogen) atoms. The van der Waals surface area contributed by atoms with Crippen LogP contribution >= 0.6 is 0 Å². The molecule has 0 aliphatic carbocycles. The third-order valence-electron chi connectivity index (χ3n) is 4.23. The molecule has 0 saturated heterocycles. The highest BCUT2D eigenvalue weighted by Gasteiger charge is 2.43. The smallest absolute Gasteiger partial charge is 0.123 e. The molecule has 1 aromatic rings. The minimum absolute atomic E-state index is 0.0536. The fourth-order valence-electron chi connectivity index (χ4n) is 3.10. The Morgan fingerprint density at radius 3 is 2.72 bits per heavy atom. The quantitative estimate of drug-likeness (QED) is 0.782. The number of ether oxygens (including phenoxy) is 1. The van der Waals surface area contributed by atoms with Crippen molar-refractivity contribution in [3.05, 3.63) is 23.8 Å². The normalized spacial score (nSPS) is 25.8. The van der Waals surface area contributed by atoms with Gasteiger partial charge in [0.25, 0.3) is 0 Å². The Balaban J connectivity index is 2.28. The molecule has 0 saturated carbocycles. The molecule has 0 fully saturated rings. The Morgan fingerprint density at radius 1 is 1.28 bits per heavy atom. The van der Waals surface area contributed by atoms with Crippen LogP contribution in [-0.4, -0.2) is 11.2 Å². The largest absolute Gasteiger partial charge is 0.508 e. The van der Waals surface area contributed by atoms with Crippen LogP contribution in [0.2, 0.25) is 0 Å². The van der Waals surface area contributed by atoms with E-state index in [9.17, 15) is 5.11 Å². The van der Waals surface area contributed by atoms with Crippen LogP contribution in [0.15, 0.2) is 18.2 Å². The number of unbranched alkanes of at least 4 members (excludes halogenated alkanes) is 2. The van der Waals surface area contributed by atoms with Crippen molar-refractivity contribution in [2.24, 2.45) is 0 Å². The number of hydrogen-bond donors (Lipinski definition) is 1. The molecule has 1 heterocycles. The van der Waals surface area contributed by atoms with Gasteiger partial charge in [0.05, 0.1) is 0 Å². The van der Waals surface area contributed by atoms with Crippen molar-refractivity contribution in [2.75, 3.05) is 0 Å². The van der Waals surface area contributed by atoms with Crippen molar-refractivity contribution in [1.82, 2.24) is 0 Å². The molecular weight excluding hydrogens is 224 g/mol. The summed E-state index contributed by atoms with van der Waals surface area (Å²) >= 11 is 0. The van der Waals surface area contributed by atoms with Gasteiger partial charge in [-0.2, -0.15) is 0 Å². The zero-order valence-electron chi connectivity index (χ0n) is 11.7. The standard InChI is InChI=1S/C16H24O2/c1-4-6-7-10-16(3)13-11-12(17)8-9-14(13)18-15(16)5-2/h8-9,11,15,17H,4-7,10H2,1-3H3. The van der Waals surface area contributed by atoms with Crippen LogP contribution in [0.1, 0.15) is 58.4 Å². The Hall–Kier alpha value is -1.18. The van der Waals surface area contributed by atoms with Crippen molar-refractivity contribution in [2.45, 2.75) is 64.4 Å². The first kappa shape index (κ1) is 13.3. The molecule has 0 spiro atoms. The van der Waals surface area contributed by atoms with E-state index in [1.165, 1.54) is 24.8 Å². The second-order valence-electron chi connectivity index (χ2n) is 5.57. The van der Waals surface area contributed by atoms with Gasteiger partial charge in [0.2, 0.25) is 0 Å². The molecule has 0 radical (unpaired) electrons. The molecule has 0 amide bonds. The van der Waals surface area contributed by atoms with Crippen LogP contribution < -0.4 is 4.74 Å². The molecule has 2 rings (SSSR count). The summed E-state index contributed by atoms with van der Waals surface area (Å²) in [6.07, 6.45) is 6.11. The minimum Gasteiger partial charge on any atom is -0.508 e. The van der Waals surface area contributed by atoms with Crippen LogP contribution in [0.5, 0.6) is 11.5 Å². The Bertz CT molecular complexity index is 414. The first-order chi connectivity index (χ1) is 8.61. The van der Waals surface area contributed by atoms with Gasteiger partial charge in [-0.05, 0) is 31.0 Å². The molecule has 0 bridgehead atoms. The second-order valence-corrected chi connectivity index (χ2v) is 5.57. The van der Waals surface area contributed by atoms with Gasteiger partial charge in [0, 0.05) is 11.0 Å². The maximum Gasteiger partial charge on any atom is 0.123 e. The van der Waals surface area contributed by atoms with Gasteiger partial charge in [-0.15, -0.1) is 0 Å². The summed E-state index contributed by atoms with van der Waals surface area (Å²) in [5, 5.41) is 9.70. The van der Waals surface area contributed by atoms with Crippen molar-refractivity contribution >= 4 is 0 Å². The second kappa shape index (κ2) is 5.21. The van der Waals surface area contributed by atoms with Gasteiger partial charge < -0.3 is 9.84 Å². The number of phenolic OH excluding ortho intramolecular Hbond substituents is 1. The van der Waals surface area contributed by atoms with E-state index < -0.39 is 0 Å². The summed E-state index contributed by atoms with van der Waals surface area (Å²) in [7, 11) is 0. The zero-order chi connectivity index (χ0) is 13.2. The Labute approximate surface area is 110 Å². The summed E-state index contributed by atoms with van der Waals surface area (Å²) in [5.41, 5.74) is 1.24.